The monoisotopic (exact) mass is 374 g/mol. The summed E-state index contributed by atoms with van der Waals surface area (Å²) in [5.41, 5.74) is 5.43. The zero-order valence-electron chi connectivity index (χ0n) is 16.8. The summed E-state index contributed by atoms with van der Waals surface area (Å²) in [5, 5.41) is 6.12. The number of carbonyl (C=O) groups excluding carboxylic acids is 1. The van der Waals surface area contributed by atoms with Crippen molar-refractivity contribution in [2.24, 2.45) is 0 Å². The van der Waals surface area contributed by atoms with Gasteiger partial charge in [-0.2, -0.15) is 0 Å². The predicted molar refractivity (Wildman–Crippen MR) is 114 cm³/mol. The van der Waals surface area contributed by atoms with Crippen LogP contribution in [0.25, 0.3) is 0 Å². The summed E-state index contributed by atoms with van der Waals surface area (Å²) in [6.45, 7) is 8.81. The van der Waals surface area contributed by atoms with Gasteiger partial charge in [-0.25, -0.2) is 9.97 Å². The van der Waals surface area contributed by atoms with E-state index in [0.29, 0.717) is 24.1 Å². The molecule has 0 spiro atoms. The highest BCUT2D eigenvalue weighted by atomic mass is 16.1. The highest BCUT2D eigenvalue weighted by Gasteiger charge is 2.11. The summed E-state index contributed by atoms with van der Waals surface area (Å²) in [4.78, 5) is 21.4. The van der Waals surface area contributed by atoms with Crippen LogP contribution in [0, 0.1) is 13.8 Å². The van der Waals surface area contributed by atoms with Gasteiger partial charge in [0.1, 0.15) is 5.69 Å². The molecule has 0 radical (unpaired) electrons. The molecule has 0 fully saturated rings. The molecule has 1 heterocycles. The number of amides is 1. The van der Waals surface area contributed by atoms with Gasteiger partial charge in [0.15, 0.2) is 0 Å². The molecule has 144 valence electrons. The third kappa shape index (κ3) is 4.94. The number of anilines is 2. The van der Waals surface area contributed by atoms with Crippen molar-refractivity contribution in [1.82, 2.24) is 9.97 Å². The number of nitrogens with one attached hydrogen (secondary N) is 2. The van der Waals surface area contributed by atoms with Gasteiger partial charge in [0.25, 0.3) is 5.91 Å². The first-order valence-corrected chi connectivity index (χ1v) is 9.48. The van der Waals surface area contributed by atoms with Crippen molar-refractivity contribution in [2.45, 2.75) is 40.2 Å². The zero-order chi connectivity index (χ0) is 20.1. The van der Waals surface area contributed by atoms with Crippen molar-refractivity contribution in [3.63, 3.8) is 0 Å². The Balaban J connectivity index is 1.71. The van der Waals surface area contributed by atoms with Crippen LogP contribution >= 0.6 is 0 Å². The lowest BCUT2D eigenvalue weighted by Crippen LogP contribution is -2.16. The quantitative estimate of drug-likeness (QED) is 0.631. The van der Waals surface area contributed by atoms with Crippen molar-refractivity contribution < 1.29 is 4.79 Å². The second-order valence-corrected chi connectivity index (χ2v) is 7.23. The number of aryl methyl sites for hydroxylation is 2. The van der Waals surface area contributed by atoms with E-state index in [1.54, 1.807) is 6.07 Å². The van der Waals surface area contributed by atoms with Gasteiger partial charge in [-0.1, -0.05) is 50.2 Å². The second-order valence-electron chi connectivity index (χ2n) is 7.23. The average Bonchev–Trinajstić information content (AvgIpc) is 2.67. The molecule has 3 aromatic rings. The second kappa shape index (κ2) is 8.65. The van der Waals surface area contributed by atoms with Gasteiger partial charge >= 0.3 is 0 Å². The van der Waals surface area contributed by atoms with Gasteiger partial charge in [0.05, 0.1) is 0 Å². The summed E-state index contributed by atoms with van der Waals surface area (Å²) in [7, 11) is 0. The fraction of sp³-hybridized carbons (Fsp3) is 0.261. The molecule has 2 aromatic carbocycles. The Morgan fingerprint density at radius 3 is 2.39 bits per heavy atom. The molecule has 0 saturated heterocycles. The summed E-state index contributed by atoms with van der Waals surface area (Å²) >= 11 is 0. The third-order valence-corrected chi connectivity index (χ3v) is 4.62. The highest BCUT2D eigenvalue weighted by molar-refractivity contribution is 6.03. The predicted octanol–water partition coefficient (Wildman–Crippen LogP) is 5.08. The first-order valence-electron chi connectivity index (χ1n) is 9.48. The molecule has 0 bridgehead atoms. The van der Waals surface area contributed by atoms with Crippen molar-refractivity contribution in [1.29, 1.82) is 0 Å². The molecule has 3 rings (SSSR count). The van der Waals surface area contributed by atoms with Crippen LogP contribution in [0.2, 0.25) is 0 Å². The van der Waals surface area contributed by atoms with E-state index in [-0.39, 0.29) is 5.91 Å². The number of carbonyl (C=O) groups is 1. The SMILES string of the molecule is Cc1cc(C(=O)Nc2ccc(C(C)C)cc2)nc(NCc2ccccc2C)n1. The molecule has 0 atom stereocenters. The Bertz CT molecular complexity index is 965. The van der Waals surface area contributed by atoms with Gasteiger partial charge in [0, 0.05) is 17.9 Å². The van der Waals surface area contributed by atoms with E-state index in [9.17, 15) is 4.79 Å². The number of benzene rings is 2. The van der Waals surface area contributed by atoms with Crippen LogP contribution in [-0.2, 0) is 6.54 Å². The normalized spacial score (nSPS) is 10.8. The van der Waals surface area contributed by atoms with Gasteiger partial charge in [-0.05, 0) is 54.7 Å². The minimum absolute atomic E-state index is 0.248. The molecule has 5 heteroatoms. The molecule has 0 aliphatic rings. The van der Waals surface area contributed by atoms with E-state index in [0.717, 1.165) is 11.4 Å². The first-order chi connectivity index (χ1) is 13.4. The van der Waals surface area contributed by atoms with Crippen LogP contribution in [0.5, 0.6) is 0 Å². The molecular weight excluding hydrogens is 348 g/mol. The van der Waals surface area contributed by atoms with Gasteiger partial charge in [0.2, 0.25) is 5.95 Å². The van der Waals surface area contributed by atoms with Crippen LogP contribution in [0.15, 0.2) is 54.6 Å². The Morgan fingerprint density at radius 1 is 1.00 bits per heavy atom. The van der Waals surface area contributed by atoms with E-state index >= 15 is 0 Å². The Hall–Kier alpha value is -3.21. The molecule has 2 N–H and O–H groups in total. The molecule has 5 nitrogen and oxygen atoms in total. The lowest BCUT2D eigenvalue weighted by Gasteiger charge is -2.11. The molecule has 0 unspecified atom stereocenters. The van der Waals surface area contributed by atoms with Crippen LogP contribution in [0.1, 0.15) is 52.6 Å². The van der Waals surface area contributed by atoms with E-state index in [4.69, 9.17) is 0 Å². The van der Waals surface area contributed by atoms with Crippen LogP contribution in [0.3, 0.4) is 0 Å². The van der Waals surface area contributed by atoms with Gasteiger partial charge in [-0.3, -0.25) is 4.79 Å². The van der Waals surface area contributed by atoms with Crippen molar-refractivity contribution >= 4 is 17.5 Å². The molecule has 1 aromatic heterocycles. The van der Waals surface area contributed by atoms with Crippen molar-refractivity contribution in [3.05, 3.63) is 82.7 Å². The number of hydrogen-bond donors (Lipinski definition) is 2. The summed E-state index contributed by atoms with van der Waals surface area (Å²) in [6.07, 6.45) is 0. The summed E-state index contributed by atoms with van der Waals surface area (Å²) < 4.78 is 0. The van der Waals surface area contributed by atoms with Crippen molar-refractivity contribution in [3.8, 4) is 0 Å². The van der Waals surface area contributed by atoms with E-state index < -0.39 is 0 Å². The van der Waals surface area contributed by atoms with Crippen LogP contribution in [-0.4, -0.2) is 15.9 Å². The number of rotatable bonds is 6. The largest absolute Gasteiger partial charge is 0.350 e. The maximum Gasteiger partial charge on any atom is 0.274 e. The first kappa shape index (κ1) is 19.5. The van der Waals surface area contributed by atoms with Gasteiger partial charge < -0.3 is 10.6 Å². The highest BCUT2D eigenvalue weighted by Crippen LogP contribution is 2.18. The Morgan fingerprint density at radius 2 is 1.71 bits per heavy atom. The Kier molecular flexibility index (Phi) is 6.04. The van der Waals surface area contributed by atoms with Crippen LogP contribution < -0.4 is 10.6 Å². The van der Waals surface area contributed by atoms with E-state index in [1.807, 2.05) is 43.3 Å². The molecular formula is C23H26N4O. The topological polar surface area (TPSA) is 66.9 Å². The average molecular weight is 374 g/mol. The zero-order valence-corrected chi connectivity index (χ0v) is 16.8. The maximum atomic E-state index is 12.6. The molecule has 0 aliphatic carbocycles. The molecule has 1 amide bonds. The smallest absolute Gasteiger partial charge is 0.274 e. The van der Waals surface area contributed by atoms with E-state index in [2.05, 4.69) is 53.5 Å². The fourth-order valence-corrected chi connectivity index (χ4v) is 2.89. The van der Waals surface area contributed by atoms with Gasteiger partial charge in [-0.15, -0.1) is 0 Å². The maximum absolute atomic E-state index is 12.6. The summed E-state index contributed by atoms with van der Waals surface area (Å²) in [5.74, 6) is 0.654. The molecule has 28 heavy (non-hydrogen) atoms. The standard InChI is InChI=1S/C23H26N4O/c1-15(2)18-9-11-20(12-10-18)26-22(28)21-13-17(4)25-23(27-21)24-14-19-8-6-5-7-16(19)3/h5-13,15H,14H2,1-4H3,(H,26,28)(H,24,25,27). The minimum Gasteiger partial charge on any atom is -0.350 e. The molecule has 0 aliphatic heterocycles. The molecule has 0 saturated carbocycles. The Labute approximate surface area is 166 Å². The van der Waals surface area contributed by atoms with Crippen LogP contribution in [0.4, 0.5) is 11.6 Å². The van der Waals surface area contributed by atoms with Crippen molar-refractivity contribution in [2.75, 3.05) is 10.6 Å². The lowest BCUT2D eigenvalue weighted by molar-refractivity contribution is 0.102. The third-order valence-electron chi connectivity index (χ3n) is 4.62. The van der Waals surface area contributed by atoms with E-state index in [1.165, 1.54) is 16.7 Å². The number of aromatic nitrogens is 2. The number of nitrogens with zero attached hydrogens (tertiary/aromatic N) is 2. The lowest BCUT2D eigenvalue weighted by atomic mass is 10.0. The number of hydrogen-bond acceptors (Lipinski definition) is 4. The minimum atomic E-state index is -0.248. The summed E-state index contributed by atoms with van der Waals surface area (Å²) in [6, 6.07) is 17.7. The fourth-order valence-electron chi connectivity index (χ4n) is 2.89.